The van der Waals surface area contributed by atoms with Crippen molar-refractivity contribution in [2.75, 3.05) is 21.2 Å². The Bertz CT molecular complexity index is 81.0. The summed E-state index contributed by atoms with van der Waals surface area (Å²) in [7, 11) is 5.87. The van der Waals surface area contributed by atoms with Gasteiger partial charge in [0.2, 0.25) is 0 Å². The zero-order valence-corrected chi connectivity index (χ0v) is 7.14. The van der Waals surface area contributed by atoms with Crippen LogP contribution in [0.5, 0.6) is 0 Å². The van der Waals surface area contributed by atoms with Gasteiger partial charge >= 0.3 is 0 Å². The van der Waals surface area contributed by atoms with Gasteiger partial charge in [-0.3, -0.25) is 0 Å². The molecule has 0 N–H and O–H groups in total. The van der Waals surface area contributed by atoms with Crippen molar-refractivity contribution in [3.63, 3.8) is 0 Å². The molecular weight excluding hydrogens is 114 g/mol. The summed E-state index contributed by atoms with van der Waals surface area (Å²) < 4.78 is 0.649. The molecule has 0 amide bonds. The summed E-state index contributed by atoms with van der Waals surface area (Å²) in [5, 5.41) is 0. The van der Waals surface area contributed by atoms with Gasteiger partial charge in [-0.05, 0) is 13.3 Å². The quantitative estimate of drug-likeness (QED) is 0.417. The predicted octanol–water partition coefficient (Wildman–Crippen LogP) is 1.42. The van der Waals surface area contributed by atoms with E-state index in [4.69, 9.17) is 4.84 Å². The molecule has 0 radical (unpaired) electrons. The Labute approximate surface area is 58.0 Å². The van der Waals surface area contributed by atoms with Crippen molar-refractivity contribution in [1.82, 2.24) is 0 Å². The average Bonchev–Trinajstić information content (AvgIpc) is 1.86. The van der Waals surface area contributed by atoms with E-state index in [1.807, 2.05) is 0 Å². The number of hydrogen-bond acceptors (Lipinski definition) is 1. The molecule has 0 rings (SSSR count). The van der Waals surface area contributed by atoms with Gasteiger partial charge in [-0.15, -0.1) is 0 Å². The first-order valence-electron chi connectivity index (χ1n) is 3.44. The fourth-order valence-electron chi connectivity index (χ4n) is 0.620. The highest BCUT2D eigenvalue weighted by Gasteiger charge is 2.21. The first-order valence-corrected chi connectivity index (χ1v) is 3.44. The standard InChI is InChI=1S/C7H18NO/c1-6-7(2)8(3,4)9-5/h7H,6H2,1-5H3/q+1. The molecule has 1 unspecified atom stereocenters. The lowest BCUT2D eigenvalue weighted by Gasteiger charge is -2.30. The number of rotatable bonds is 3. The van der Waals surface area contributed by atoms with Crippen LogP contribution < -0.4 is 0 Å². The van der Waals surface area contributed by atoms with Crippen LogP contribution >= 0.6 is 0 Å². The lowest BCUT2D eigenvalue weighted by Crippen LogP contribution is -2.45. The molecule has 0 saturated heterocycles. The molecule has 0 spiro atoms. The Morgan fingerprint density at radius 3 is 2.00 bits per heavy atom. The number of hydroxylamine groups is 3. The minimum absolute atomic E-state index is 0.579. The van der Waals surface area contributed by atoms with Crippen LogP contribution in [-0.2, 0) is 4.84 Å². The zero-order valence-electron chi connectivity index (χ0n) is 7.14. The molecule has 9 heavy (non-hydrogen) atoms. The van der Waals surface area contributed by atoms with Crippen molar-refractivity contribution >= 4 is 0 Å². The molecule has 0 fully saturated rings. The van der Waals surface area contributed by atoms with Gasteiger partial charge in [0, 0.05) is 0 Å². The smallest absolute Gasteiger partial charge is 0.115 e. The van der Waals surface area contributed by atoms with E-state index in [9.17, 15) is 0 Å². The summed E-state index contributed by atoms with van der Waals surface area (Å²) in [5.41, 5.74) is 0. The maximum absolute atomic E-state index is 5.23. The molecule has 0 aromatic carbocycles. The van der Waals surface area contributed by atoms with Crippen LogP contribution in [0.2, 0.25) is 0 Å². The summed E-state index contributed by atoms with van der Waals surface area (Å²) in [6, 6.07) is 0.579. The highest BCUT2D eigenvalue weighted by atomic mass is 16.7. The molecule has 0 aliphatic carbocycles. The van der Waals surface area contributed by atoms with E-state index < -0.39 is 0 Å². The molecule has 2 nitrogen and oxygen atoms in total. The van der Waals surface area contributed by atoms with E-state index in [0.29, 0.717) is 10.7 Å². The Morgan fingerprint density at radius 1 is 1.44 bits per heavy atom. The SMILES string of the molecule is CCC(C)[N+](C)(C)OC. The lowest BCUT2D eigenvalue weighted by molar-refractivity contribution is -1.09. The largest absolute Gasteiger partial charge is 0.206 e. The monoisotopic (exact) mass is 132 g/mol. The van der Waals surface area contributed by atoms with Crippen molar-refractivity contribution in [1.29, 1.82) is 0 Å². The maximum Gasteiger partial charge on any atom is 0.115 e. The molecule has 56 valence electrons. The molecule has 0 heterocycles. The van der Waals surface area contributed by atoms with Crippen molar-refractivity contribution in [3.05, 3.63) is 0 Å². The van der Waals surface area contributed by atoms with E-state index >= 15 is 0 Å². The second-order valence-electron chi connectivity index (χ2n) is 2.87. The Hall–Kier alpha value is -0.0800. The van der Waals surface area contributed by atoms with Crippen molar-refractivity contribution in [2.24, 2.45) is 0 Å². The molecule has 2 heteroatoms. The summed E-state index contributed by atoms with van der Waals surface area (Å²) in [4.78, 5) is 5.23. The number of nitrogens with zero attached hydrogens (tertiary/aromatic N) is 1. The van der Waals surface area contributed by atoms with Crippen LogP contribution in [0.15, 0.2) is 0 Å². The predicted molar refractivity (Wildman–Crippen MR) is 38.9 cm³/mol. The second kappa shape index (κ2) is 3.18. The summed E-state index contributed by atoms with van der Waals surface area (Å²) >= 11 is 0. The third-order valence-corrected chi connectivity index (χ3v) is 2.12. The molecule has 1 atom stereocenters. The maximum atomic E-state index is 5.23. The Balaban J connectivity index is 3.80. The van der Waals surface area contributed by atoms with Gasteiger partial charge in [-0.1, -0.05) is 6.92 Å². The third-order valence-electron chi connectivity index (χ3n) is 2.12. The van der Waals surface area contributed by atoms with Gasteiger partial charge in [-0.2, -0.15) is 4.65 Å². The highest BCUT2D eigenvalue weighted by Crippen LogP contribution is 2.08. The van der Waals surface area contributed by atoms with Gasteiger partial charge in [-0.25, -0.2) is 4.84 Å². The third kappa shape index (κ3) is 2.33. The number of hydrogen-bond donors (Lipinski definition) is 0. The van der Waals surface area contributed by atoms with E-state index in [1.54, 1.807) is 7.11 Å². The summed E-state index contributed by atoms with van der Waals surface area (Å²) in [5.74, 6) is 0. The van der Waals surface area contributed by atoms with Crippen molar-refractivity contribution in [2.45, 2.75) is 26.3 Å². The fraction of sp³-hybridized carbons (Fsp3) is 1.00. The summed E-state index contributed by atoms with van der Waals surface area (Å²) in [6.07, 6.45) is 1.15. The van der Waals surface area contributed by atoms with Crippen LogP contribution in [-0.4, -0.2) is 31.9 Å². The molecule has 0 aliphatic heterocycles. The molecule has 0 saturated carbocycles. The van der Waals surface area contributed by atoms with Gasteiger partial charge < -0.3 is 0 Å². The lowest BCUT2D eigenvalue weighted by atomic mass is 10.2. The van der Waals surface area contributed by atoms with E-state index in [2.05, 4.69) is 27.9 Å². The van der Waals surface area contributed by atoms with E-state index in [0.717, 1.165) is 6.42 Å². The minimum Gasteiger partial charge on any atom is -0.206 e. The molecule has 0 aromatic heterocycles. The number of quaternary nitrogens is 1. The van der Waals surface area contributed by atoms with Gasteiger partial charge in [0.25, 0.3) is 0 Å². The minimum atomic E-state index is 0.579. The van der Waals surface area contributed by atoms with Crippen molar-refractivity contribution in [3.8, 4) is 0 Å². The average molecular weight is 132 g/mol. The first-order chi connectivity index (χ1) is 4.04. The van der Waals surface area contributed by atoms with Crippen LogP contribution in [0.1, 0.15) is 20.3 Å². The van der Waals surface area contributed by atoms with Crippen molar-refractivity contribution < 1.29 is 9.48 Å². The van der Waals surface area contributed by atoms with Gasteiger partial charge in [0.05, 0.1) is 21.2 Å². The van der Waals surface area contributed by atoms with E-state index in [-0.39, 0.29) is 0 Å². The first kappa shape index (κ1) is 8.92. The second-order valence-corrected chi connectivity index (χ2v) is 2.87. The molecule has 0 aromatic rings. The Morgan fingerprint density at radius 2 is 1.89 bits per heavy atom. The van der Waals surface area contributed by atoms with Crippen LogP contribution in [0.25, 0.3) is 0 Å². The zero-order chi connectivity index (χ0) is 7.49. The fourth-order valence-corrected chi connectivity index (χ4v) is 0.620. The van der Waals surface area contributed by atoms with Crippen LogP contribution in [0.3, 0.4) is 0 Å². The molecule has 0 bridgehead atoms. The van der Waals surface area contributed by atoms with Crippen LogP contribution in [0, 0.1) is 0 Å². The molecular formula is C7H18NO+. The van der Waals surface area contributed by atoms with Crippen LogP contribution in [0.4, 0.5) is 0 Å². The normalized spacial score (nSPS) is 15.7. The van der Waals surface area contributed by atoms with E-state index in [1.165, 1.54) is 0 Å². The Kier molecular flexibility index (Phi) is 3.15. The molecule has 0 aliphatic rings. The summed E-state index contributed by atoms with van der Waals surface area (Å²) in [6.45, 7) is 4.35. The van der Waals surface area contributed by atoms with Gasteiger partial charge in [0.1, 0.15) is 6.04 Å². The van der Waals surface area contributed by atoms with Gasteiger partial charge in [0.15, 0.2) is 0 Å². The highest BCUT2D eigenvalue weighted by molar-refractivity contribution is 4.39. The topological polar surface area (TPSA) is 9.23 Å².